The first kappa shape index (κ1) is 20.6. The van der Waals surface area contributed by atoms with Crippen LogP contribution in [-0.4, -0.2) is 45.5 Å². The number of hydrogen-bond donors (Lipinski definition) is 1. The SMILES string of the molecule is CCc1ccc(/C=N\NC(=O)CN(C)S(=O)(=O)c2ccc(OC)cc2)cc1. The molecule has 2 aromatic rings. The Morgan fingerprint density at radius 1 is 1.15 bits per heavy atom. The second-order valence-electron chi connectivity index (χ2n) is 5.82. The van der Waals surface area contributed by atoms with Crippen molar-refractivity contribution >= 4 is 22.1 Å². The molecule has 0 atom stereocenters. The lowest BCUT2D eigenvalue weighted by molar-refractivity contribution is -0.121. The predicted octanol–water partition coefficient (Wildman–Crippen LogP) is 2.03. The molecule has 0 saturated heterocycles. The van der Waals surface area contributed by atoms with E-state index in [0.717, 1.165) is 16.3 Å². The van der Waals surface area contributed by atoms with Gasteiger partial charge in [0, 0.05) is 7.05 Å². The molecule has 0 bridgehead atoms. The van der Waals surface area contributed by atoms with Crippen molar-refractivity contribution < 1.29 is 17.9 Å². The largest absolute Gasteiger partial charge is 0.497 e. The van der Waals surface area contributed by atoms with Gasteiger partial charge in [0.2, 0.25) is 10.0 Å². The highest BCUT2D eigenvalue weighted by Crippen LogP contribution is 2.18. The van der Waals surface area contributed by atoms with Crippen LogP contribution in [0.4, 0.5) is 0 Å². The highest BCUT2D eigenvalue weighted by Gasteiger charge is 2.22. The van der Waals surface area contributed by atoms with Crippen LogP contribution in [0.15, 0.2) is 58.5 Å². The maximum atomic E-state index is 12.5. The zero-order chi connectivity index (χ0) is 19.9. The topological polar surface area (TPSA) is 88.1 Å². The van der Waals surface area contributed by atoms with Crippen molar-refractivity contribution in [2.45, 2.75) is 18.2 Å². The summed E-state index contributed by atoms with van der Waals surface area (Å²) in [5.41, 5.74) is 4.39. The molecule has 0 radical (unpaired) electrons. The maximum Gasteiger partial charge on any atom is 0.255 e. The van der Waals surface area contributed by atoms with E-state index < -0.39 is 15.9 Å². The van der Waals surface area contributed by atoms with Gasteiger partial charge in [-0.1, -0.05) is 31.2 Å². The monoisotopic (exact) mass is 389 g/mol. The molecule has 0 aliphatic rings. The van der Waals surface area contributed by atoms with Crippen LogP contribution in [0.2, 0.25) is 0 Å². The van der Waals surface area contributed by atoms with Crippen molar-refractivity contribution in [2.75, 3.05) is 20.7 Å². The fourth-order valence-corrected chi connectivity index (χ4v) is 3.40. The van der Waals surface area contributed by atoms with Crippen molar-refractivity contribution in [2.24, 2.45) is 5.10 Å². The summed E-state index contributed by atoms with van der Waals surface area (Å²) in [6.45, 7) is 1.72. The van der Waals surface area contributed by atoms with Gasteiger partial charge in [-0.25, -0.2) is 13.8 Å². The summed E-state index contributed by atoms with van der Waals surface area (Å²) in [6.07, 6.45) is 2.46. The molecule has 0 fully saturated rings. The molecular weight excluding hydrogens is 366 g/mol. The van der Waals surface area contributed by atoms with E-state index in [0.29, 0.717) is 5.75 Å². The molecule has 0 heterocycles. The number of carbonyl (C=O) groups is 1. The zero-order valence-corrected chi connectivity index (χ0v) is 16.4. The number of ether oxygens (including phenoxy) is 1. The van der Waals surface area contributed by atoms with Crippen molar-refractivity contribution in [3.63, 3.8) is 0 Å². The molecule has 27 heavy (non-hydrogen) atoms. The lowest BCUT2D eigenvalue weighted by atomic mass is 10.1. The maximum absolute atomic E-state index is 12.5. The molecule has 144 valence electrons. The Labute approximate surface area is 159 Å². The Hall–Kier alpha value is -2.71. The highest BCUT2D eigenvalue weighted by atomic mass is 32.2. The van der Waals surface area contributed by atoms with E-state index in [9.17, 15) is 13.2 Å². The average molecular weight is 389 g/mol. The third-order valence-corrected chi connectivity index (χ3v) is 5.74. The highest BCUT2D eigenvalue weighted by molar-refractivity contribution is 7.89. The van der Waals surface area contributed by atoms with E-state index in [1.807, 2.05) is 24.3 Å². The van der Waals surface area contributed by atoms with Gasteiger partial charge in [0.15, 0.2) is 0 Å². The third kappa shape index (κ3) is 5.63. The van der Waals surface area contributed by atoms with Crippen LogP contribution in [0, 0.1) is 0 Å². The standard InChI is InChI=1S/C19H23N3O4S/c1-4-15-5-7-16(8-6-15)13-20-21-19(23)14-22(2)27(24,25)18-11-9-17(26-3)10-12-18/h5-13H,4,14H2,1-3H3,(H,21,23)/b20-13-. The second kappa shape index (κ2) is 9.29. The molecule has 0 saturated carbocycles. The lowest BCUT2D eigenvalue weighted by Crippen LogP contribution is -2.36. The molecule has 0 unspecified atom stereocenters. The van der Waals surface area contributed by atoms with E-state index in [4.69, 9.17) is 4.74 Å². The predicted molar refractivity (Wildman–Crippen MR) is 104 cm³/mol. The molecule has 0 spiro atoms. The Morgan fingerprint density at radius 2 is 1.78 bits per heavy atom. The van der Waals surface area contributed by atoms with Gasteiger partial charge in [0.1, 0.15) is 5.75 Å². The van der Waals surface area contributed by atoms with E-state index in [2.05, 4.69) is 17.5 Å². The minimum absolute atomic E-state index is 0.0816. The molecule has 0 aliphatic heterocycles. The van der Waals surface area contributed by atoms with Gasteiger partial charge in [-0.15, -0.1) is 0 Å². The fraction of sp³-hybridized carbons (Fsp3) is 0.263. The first-order valence-corrected chi connectivity index (χ1v) is 9.82. The van der Waals surface area contributed by atoms with Crippen molar-refractivity contribution in [1.29, 1.82) is 0 Å². The Morgan fingerprint density at radius 3 is 2.33 bits per heavy atom. The van der Waals surface area contributed by atoms with Crippen LogP contribution < -0.4 is 10.2 Å². The summed E-state index contributed by atoms with van der Waals surface area (Å²) in [5.74, 6) is 0.0201. The van der Waals surface area contributed by atoms with E-state index in [1.165, 1.54) is 38.1 Å². The number of aryl methyl sites for hydroxylation is 1. The zero-order valence-electron chi connectivity index (χ0n) is 15.5. The number of hydrogen-bond acceptors (Lipinski definition) is 5. The number of rotatable bonds is 8. The number of sulfonamides is 1. The van der Waals surface area contributed by atoms with Crippen molar-refractivity contribution in [1.82, 2.24) is 9.73 Å². The average Bonchev–Trinajstić information content (AvgIpc) is 2.68. The molecule has 0 aliphatic carbocycles. The molecule has 2 aromatic carbocycles. The number of benzene rings is 2. The normalized spacial score (nSPS) is 11.7. The minimum Gasteiger partial charge on any atom is -0.497 e. The van der Waals surface area contributed by atoms with Gasteiger partial charge >= 0.3 is 0 Å². The van der Waals surface area contributed by atoms with Crippen LogP contribution in [0.1, 0.15) is 18.1 Å². The number of carbonyl (C=O) groups excluding carboxylic acids is 1. The van der Waals surface area contributed by atoms with E-state index in [1.54, 1.807) is 12.1 Å². The first-order valence-electron chi connectivity index (χ1n) is 8.38. The summed E-state index contributed by atoms with van der Waals surface area (Å²) >= 11 is 0. The number of amides is 1. The van der Waals surface area contributed by atoms with Crippen molar-refractivity contribution in [3.8, 4) is 5.75 Å². The van der Waals surface area contributed by atoms with Crippen LogP contribution in [0.5, 0.6) is 5.75 Å². The van der Waals surface area contributed by atoms with Crippen LogP contribution in [0.25, 0.3) is 0 Å². The third-order valence-electron chi connectivity index (χ3n) is 3.92. The van der Waals surface area contributed by atoms with Crippen LogP contribution in [0.3, 0.4) is 0 Å². The molecular formula is C19H23N3O4S. The molecule has 1 N–H and O–H groups in total. The van der Waals surface area contributed by atoms with Gasteiger partial charge in [-0.05, 0) is 41.8 Å². The quantitative estimate of drug-likeness (QED) is 0.553. The summed E-state index contributed by atoms with van der Waals surface area (Å²) in [4.78, 5) is 12.1. The second-order valence-corrected chi connectivity index (χ2v) is 7.87. The number of nitrogens with one attached hydrogen (secondary N) is 1. The van der Waals surface area contributed by atoms with Gasteiger partial charge in [-0.2, -0.15) is 9.41 Å². The van der Waals surface area contributed by atoms with Gasteiger partial charge < -0.3 is 4.74 Å². The molecule has 8 heteroatoms. The Bertz CT molecular complexity index is 892. The molecule has 1 amide bonds. The summed E-state index contributed by atoms with van der Waals surface area (Å²) in [6, 6.07) is 13.7. The van der Waals surface area contributed by atoms with Crippen LogP contribution >= 0.6 is 0 Å². The smallest absolute Gasteiger partial charge is 0.255 e. The van der Waals surface area contributed by atoms with Gasteiger partial charge in [-0.3, -0.25) is 4.79 Å². The fourth-order valence-electron chi connectivity index (χ4n) is 2.27. The summed E-state index contributed by atoms with van der Waals surface area (Å²) in [5, 5.41) is 3.87. The van der Waals surface area contributed by atoms with Crippen molar-refractivity contribution in [3.05, 3.63) is 59.7 Å². The van der Waals surface area contributed by atoms with Crippen LogP contribution in [-0.2, 0) is 21.2 Å². The minimum atomic E-state index is -3.78. The molecule has 0 aromatic heterocycles. The molecule has 2 rings (SSSR count). The summed E-state index contributed by atoms with van der Waals surface area (Å²) in [7, 11) is -0.941. The number of hydrazone groups is 1. The molecule has 7 nitrogen and oxygen atoms in total. The van der Waals surface area contributed by atoms with E-state index >= 15 is 0 Å². The summed E-state index contributed by atoms with van der Waals surface area (Å²) < 4.78 is 31.0. The van der Waals surface area contributed by atoms with Gasteiger partial charge in [0.05, 0.1) is 24.8 Å². The number of likely N-dealkylation sites (N-methyl/N-ethyl adjacent to an activating group) is 1. The number of methoxy groups -OCH3 is 1. The van der Waals surface area contributed by atoms with E-state index in [-0.39, 0.29) is 11.4 Å². The lowest BCUT2D eigenvalue weighted by Gasteiger charge is -2.16. The Balaban J connectivity index is 1.94. The Kier molecular flexibility index (Phi) is 7.09. The van der Waals surface area contributed by atoms with Gasteiger partial charge in [0.25, 0.3) is 5.91 Å². The number of nitrogens with zero attached hydrogens (tertiary/aromatic N) is 2. The first-order chi connectivity index (χ1) is 12.9.